The lowest BCUT2D eigenvalue weighted by Crippen LogP contribution is -2.29. The van der Waals surface area contributed by atoms with Crippen LogP contribution in [0.25, 0.3) is 11.0 Å². The number of rotatable bonds is 4. The Bertz CT molecular complexity index is 914. The molecule has 128 valence electrons. The molecule has 0 amide bonds. The maximum absolute atomic E-state index is 5.90. The Kier molecular flexibility index (Phi) is 3.31. The van der Waals surface area contributed by atoms with E-state index in [4.69, 9.17) is 11.6 Å². The summed E-state index contributed by atoms with van der Waals surface area (Å²) in [6.07, 6.45) is 5.25. The average molecular weight is 356 g/mol. The molecule has 8 heteroatoms. The van der Waals surface area contributed by atoms with Crippen molar-refractivity contribution in [3.05, 3.63) is 36.1 Å². The van der Waals surface area contributed by atoms with Crippen LogP contribution in [0.4, 0.5) is 11.6 Å². The molecule has 0 radical (unpaired) electrons. The average Bonchev–Trinajstić information content (AvgIpc) is 3.02. The maximum Gasteiger partial charge on any atom is 0.224 e. The van der Waals surface area contributed by atoms with Gasteiger partial charge in [-0.1, -0.05) is 0 Å². The molecule has 3 aromatic heterocycles. The molecule has 0 aromatic carbocycles. The lowest BCUT2D eigenvalue weighted by molar-refractivity contribution is 0.625. The van der Waals surface area contributed by atoms with Gasteiger partial charge in [0.2, 0.25) is 5.28 Å². The molecule has 1 aliphatic heterocycles. The van der Waals surface area contributed by atoms with Crippen molar-refractivity contribution in [2.24, 2.45) is 17.8 Å². The zero-order valence-electron chi connectivity index (χ0n) is 13.8. The SMILES string of the molecule is CN(C[C@@H]1[C@H]2CN(c3ccnc(Cl)n3)C[C@@H]12)c1ncnc2[nH]ccc12. The Hall–Kier alpha value is -2.41. The van der Waals surface area contributed by atoms with Crippen LogP contribution in [-0.4, -0.2) is 51.6 Å². The standard InChI is InChI=1S/C17H18ClN7/c1-24(16-10-2-4-19-15(10)21-9-22-16)6-11-12-7-25(8-13(11)12)14-3-5-20-17(18)23-14/h2-5,9,11-13H,6-8H2,1H3,(H,19,21,22)/t11-,12-,13+. The quantitative estimate of drug-likeness (QED) is 0.723. The Morgan fingerprint density at radius 2 is 2.08 bits per heavy atom. The van der Waals surface area contributed by atoms with E-state index in [1.807, 2.05) is 18.3 Å². The number of halogens is 1. The predicted octanol–water partition coefficient (Wildman–Crippen LogP) is 2.22. The second-order valence-electron chi connectivity index (χ2n) is 6.90. The van der Waals surface area contributed by atoms with Crippen LogP contribution in [0.2, 0.25) is 5.28 Å². The van der Waals surface area contributed by atoms with Gasteiger partial charge in [-0.25, -0.2) is 19.9 Å². The Balaban J connectivity index is 1.26. The second kappa shape index (κ2) is 5.56. The minimum Gasteiger partial charge on any atom is -0.359 e. The normalized spacial score (nSPS) is 24.6. The predicted molar refractivity (Wildman–Crippen MR) is 96.9 cm³/mol. The lowest BCUT2D eigenvalue weighted by Gasteiger charge is -2.23. The molecule has 0 unspecified atom stereocenters. The summed E-state index contributed by atoms with van der Waals surface area (Å²) in [6.45, 7) is 3.10. The molecule has 1 saturated carbocycles. The minimum atomic E-state index is 0.314. The van der Waals surface area contributed by atoms with E-state index in [2.05, 4.69) is 41.8 Å². The first kappa shape index (κ1) is 14.9. The van der Waals surface area contributed by atoms with Gasteiger partial charge in [-0.2, -0.15) is 0 Å². The van der Waals surface area contributed by atoms with Crippen molar-refractivity contribution in [2.75, 3.05) is 36.5 Å². The summed E-state index contributed by atoms with van der Waals surface area (Å²) < 4.78 is 0. The van der Waals surface area contributed by atoms with Crippen LogP contribution in [-0.2, 0) is 0 Å². The van der Waals surface area contributed by atoms with E-state index in [0.717, 1.165) is 54.1 Å². The molecule has 3 aromatic rings. The first-order chi connectivity index (χ1) is 12.2. The van der Waals surface area contributed by atoms with Crippen molar-refractivity contribution in [3.63, 3.8) is 0 Å². The van der Waals surface area contributed by atoms with Gasteiger partial charge in [-0.05, 0) is 41.5 Å². The van der Waals surface area contributed by atoms with E-state index in [1.54, 1.807) is 12.5 Å². The van der Waals surface area contributed by atoms with Crippen LogP contribution in [0.1, 0.15) is 0 Å². The van der Waals surface area contributed by atoms with Gasteiger partial charge in [0.25, 0.3) is 0 Å². The first-order valence-corrected chi connectivity index (χ1v) is 8.81. The third-order valence-corrected chi connectivity index (χ3v) is 5.67. The molecule has 2 aliphatic rings. The largest absolute Gasteiger partial charge is 0.359 e. The summed E-state index contributed by atoms with van der Waals surface area (Å²) in [5.41, 5.74) is 0.889. The van der Waals surface area contributed by atoms with Gasteiger partial charge in [0.05, 0.1) is 5.39 Å². The summed E-state index contributed by atoms with van der Waals surface area (Å²) in [5.74, 6) is 4.09. The number of fused-ring (bicyclic) bond motifs is 2. The van der Waals surface area contributed by atoms with Gasteiger partial charge in [-0.15, -0.1) is 0 Å². The van der Waals surface area contributed by atoms with Gasteiger partial charge >= 0.3 is 0 Å². The van der Waals surface area contributed by atoms with E-state index in [9.17, 15) is 0 Å². The fraction of sp³-hybridized carbons (Fsp3) is 0.412. The van der Waals surface area contributed by atoms with E-state index in [-0.39, 0.29) is 0 Å². The van der Waals surface area contributed by atoms with Crippen molar-refractivity contribution < 1.29 is 0 Å². The van der Waals surface area contributed by atoms with Crippen molar-refractivity contribution >= 4 is 34.3 Å². The smallest absolute Gasteiger partial charge is 0.224 e. The van der Waals surface area contributed by atoms with Crippen LogP contribution in [0.5, 0.6) is 0 Å². The molecule has 7 nitrogen and oxygen atoms in total. The van der Waals surface area contributed by atoms with E-state index in [1.165, 1.54) is 0 Å². The summed E-state index contributed by atoms with van der Waals surface area (Å²) in [7, 11) is 2.12. The summed E-state index contributed by atoms with van der Waals surface area (Å²) in [6, 6.07) is 3.97. The molecule has 1 saturated heterocycles. The van der Waals surface area contributed by atoms with E-state index < -0.39 is 0 Å². The van der Waals surface area contributed by atoms with Gasteiger partial charge in [0.15, 0.2) is 0 Å². The zero-order chi connectivity index (χ0) is 17.0. The monoisotopic (exact) mass is 355 g/mol. The molecule has 0 spiro atoms. The third-order valence-electron chi connectivity index (χ3n) is 5.49. The molecular formula is C17H18ClN7. The van der Waals surface area contributed by atoms with Gasteiger partial charge in [-0.3, -0.25) is 0 Å². The summed E-state index contributed by atoms with van der Waals surface area (Å²) in [5, 5.41) is 1.39. The second-order valence-corrected chi connectivity index (χ2v) is 7.24. The number of aromatic nitrogens is 5. The number of aromatic amines is 1. The number of nitrogens with zero attached hydrogens (tertiary/aromatic N) is 6. The maximum atomic E-state index is 5.90. The van der Waals surface area contributed by atoms with Crippen LogP contribution in [0.15, 0.2) is 30.9 Å². The highest BCUT2D eigenvalue weighted by molar-refractivity contribution is 6.28. The van der Waals surface area contributed by atoms with Gasteiger partial charge in [0, 0.05) is 39.1 Å². The third kappa shape index (κ3) is 2.50. The van der Waals surface area contributed by atoms with Crippen LogP contribution >= 0.6 is 11.6 Å². The molecule has 4 heterocycles. The van der Waals surface area contributed by atoms with E-state index >= 15 is 0 Å². The van der Waals surface area contributed by atoms with Crippen molar-refractivity contribution in [1.82, 2.24) is 24.9 Å². The van der Waals surface area contributed by atoms with Gasteiger partial charge in [0.1, 0.15) is 23.6 Å². The van der Waals surface area contributed by atoms with Crippen molar-refractivity contribution in [2.45, 2.75) is 0 Å². The Morgan fingerprint density at radius 1 is 1.24 bits per heavy atom. The van der Waals surface area contributed by atoms with Crippen LogP contribution in [0.3, 0.4) is 0 Å². The highest BCUT2D eigenvalue weighted by Gasteiger charge is 2.56. The molecular weight excluding hydrogens is 338 g/mol. The Labute approximate surface area is 150 Å². The molecule has 25 heavy (non-hydrogen) atoms. The fourth-order valence-corrected chi connectivity index (χ4v) is 4.32. The lowest BCUT2D eigenvalue weighted by atomic mass is 10.2. The minimum absolute atomic E-state index is 0.314. The molecule has 3 atom stereocenters. The Morgan fingerprint density at radius 3 is 2.88 bits per heavy atom. The number of H-pyrrole nitrogens is 1. The number of hydrogen-bond acceptors (Lipinski definition) is 6. The molecule has 2 fully saturated rings. The number of nitrogens with one attached hydrogen (secondary N) is 1. The number of piperidine rings is 1. The topological polar surface area (TPSA) is 73.8 Å². The molecule has 1 aliphatic carbocycles. The van der Waals surface area contributed by atoms with E-state index in [0.29, 0.717) is 11.2 Å². The zero-order valence-corrected chi connectivity index (χ0v) is 14.6. The molecule has 1 N–H and O–H groups in total. The van der Waals surface area contributed by atoms with Crippen LogP contribution < -0.4 is 9.80 Å². The fourth-order valence-electron chi connectivity index (χ4n) is 4.18. The molecule has 5 rings (SSSR count). The van der Waals surface area contributed by atoms with Crippen LogP contribution in [0, 0.1) is 17.8 Å². The van der Waals surface area contributed by atoms with Crippen molar-refractivity contribution in [3.8, 4) is 0 Å². The highest BCUT2D eigenvalue weighted by atomic mass is 35.5. The summed E-state index contributed by atoms with van der Waals surface area (Å²) >= 11 is 5.90. The van der Waals surface area contributed by atoms with Crippen molar-refractivity contribution in [1.29, 1.82) is 0 Å². The summed E-state index contributed by atoms with van der Waals surface area (Å²) in [4.78, 5) is 24.7. The molecule has 0 bridgehead atoms. The number of hydrogen-bond donors (Lipinski definition) is 1. The number of anilines is 2. The highest BCUT2D eigenvalue weighted by Crippen LogP contribution is 2.52. The first-order valence-electron chi connectivity index (χ1n) is 8.43. The van der Waals surface area contributed by atoms with Gasteiger partial charge < -0.3 is 14.8 Å².